The minimum atomic E-state index is -2.58. The van der Waals surface area contributed by atoms with Crippen molar-refractivity contribution in [1.82, 2.24) is 4.90 Å². The topological polar surface area (TPSA) is 135 Å². The molecule has 0 aromatic heterocycles. The Balaban J connectivity index is 3.21. The molecule has 1 aliphatic rings. The average molecular weight is 219 g/mol. The Labute approximate surface area is 83.3 Å². The standard InChI is InChI=1S/C7H9NO7/c9-3-1-7(4(10)11,5(12)13)8(2-3)6(14)15/h3,9H,1-2H2,(H,10,11)(H,12,13)(H,14,15). The Morgan fingerprint density at radius 1 is 1.13 bits per heavy atom. The molecule has 8 heteroatoms. The minimum Gasteiger partial charge on any atom is -0.479 e. The molecular weight excluding hydrogens is 210 g/mol. The third-order valence-corrected chi connectivity index (χ3v) is 2.32. The lowest BCUT2D eigenvalue weighted by Gasteiger charge is -2.27. The number of aliphatic carboxylic acids is 2. The molecule has 1 fully saturated rings. The monoisotopic (exact) mass is 219 g/mol. The third kappa shape index (κ3) is 1.48. The number of hydrogen-bond donors (Lipinski definition) is 4. The predicted octanol–water partition coefficient (Wildman–Crippen LogP) is -1.36. The number of aliphatic hydroxyl groups is 1. The lowest BCUT2D eigenvalue weighted by Crippen LogP contribution is -2.58. The van der Waals surface area contributed by atoms with E-state index in [1.54, 1.807) is 0 Å². The van der Waals surface area contributed by atoms with Gasteiger partial charge in [0.15, 0.2) is 0 Å². The number of aliphatic hydroxyl groups excluding tert-OH is 1. The first kappa shape index (κ1) is 11.2. The quantitative estimate of drug-likeness (QED) is 0.421. The summed E-state index contributed by atoms with van der Waals surface area (Å²) in [6.07, 6.45) is -3.62. The molecule has 0 spiro atoms. The summed E-state index contributed by atoms with van der Waals surface area (Å²) in [7, 11) is 0. The first-order valence-electron chi connectivity index (χ1n) is 3.97. The second kappa shape index (κ2) is 3.39. The zero-order valence-corrected chi connectivity index (χ0v) is 7.45. The summed E-state index contributed by atoms with van der Waals surface area (Å²) < 4.78 is 0. The van der Waals surface area contributed by atoms with Gasteiger partial charge in [-0.15, -0.1) is 0 Å². The van der Waals surface area contributed by atoms with Gasteiger partial charge in [-0.2, -0.15) is 0 Å². The molecule has 1 amide bonds. The summed E-state index contributed by atoms with van der Waals surface area (Å²) in [6.45, 7) is -0.520. The van der Waals surface area contributed by atoms with Crippen molar-refractivity contribution in [3.63, 3.8) is 0 Å². The van der Waals surface area contributed by atoms with Crippen molar-refractivity contribution in [2.24, 2.45) is 0 Å². The van der Waals surface area contributed by atoms with Crippen molar-refractivity contribution in [1.29, 1.82) is 0 Å². The summed E-state index contributed by atoms with van der Waals surface area (Å²) in [6, 6.07) is 0. The number of carboxylic acid groups (broad SMARTS) is 3. The molecule has 0 aromatic carbocycles. The normalized spacial score (nSPS) is 23.8. The smallest absolute Gasteiger partial charge is 0.408 e. The summed E-state index contributed by atoms with van der Waals surface area (Å²) in [4.78, 5) is 32.5. The first-order valence-corrected chi connectivity index (χ1v) is 3.97. The molecule has 0 bridgehead atoms. The van der Waals surface area contributed by atoms with Crippen molar-refractivity contribution in [3.8, 4) is 0 Å². The van der Waals surface area contributed by atoms with Crippen molar-refractivity contribution in [2.45, 2.75) is 18.1 Å². The van der Waals surface area contributed by atoms with Gasteiger partial charge in [-0.3, -0.25) is 4.90 Å². The lowest BCUT2D eigenvalue weighted by molar-refractivity contribution is -0.164. The number of rotatable bonds is 2. The number of amides is 1. The average Bonchev–Trinajstić information content (AvgIpc) is 2.43. The Bertz CT molecular complexity index is 311. The second-order valence-corrected chi connectivity index (χ2v) is 3.22. The predicted molar refractivity (Wildman–Crippen MR) is 43.4 cm³/mol. The van der Waals surface area contributed by atoms with Crippen LogP contribution >= 0.6 is 0 Å². The van der Waals surface area contributed by atoms with Crippen LogP contribution in [0, 0.1) is 0 Å². The van der Waals surface area contributed by atoms with Crippen LogP contribution in [0.3, 0.4) is 0 Å². The Morgan fingerprint density at radius 2 is 1.60 bits per heavy atom. The zero-order chi connectivity index (χ0) is 11.8. The van der Waals surface area contributed by atoms with E-state index in [0.717, 1.165) is 0 Å². The van der Waals surface area contributed by atoms with E-state index < -0.39 is 42.6 Å². The Kier molecular flexibility index (Phi) is 2.54. The van der Waals surface area contributed by atoms with E-state index in [1.165, 1.54) is 0 Å². The van der Waals surface area contributed by atoms with E-state index in [4.69, 9.17) is 20.4 Å². The van der Waals surface area contributed by atoms with Crippen LogP contribution in [0.5, 0.6) is 0 Å². The molecule has 84 valence electrons. The fourth-order valence-corrected chi connectivity index (χ4v) is 1.62. The Hall–Kier alpha value is -1.83. The molecular formula is C7H9NO7. The molecule has 0 saturated carbocycles. The van der Waals surface area contributed by atoms with Crippen molar-refractivity contribution >= 4 is 18.0 Å². The summed E-state index contributed by atoms with van der Waals surface area (Å²) in [5.74, 6) is -3.59. The molecule has 15 heavy (non-hydrogen) atoms. The van der Waals surface area contributed by atoms with Crippen LogP contribution in [-0.4, -0.2) is 61.5 Å². The fraction of sp³-hybridized carbons (Fsp3) is 0.571. The first-order chi connectivity index (χ1) is 6.82. The summed E-state index contributed by atoms with van der Waals surface area (Å²) in [5.41, 5.74) is -2.58. The highest BCUT2D eigenvalue weighted by Gasteiger charge is 2.59. The molecule has 1 rings (SSSR count). The van der Waals surface area contributed by atoms with Gasteiger partial charge in [-0.1, -0.05) is 0 Å². The van der Waals surface area contributed by atoms with E-state index in [9.17, 15) is 14.4 Å². The maximum Gasteiger partial charge on any atom is 0.408 e. The molecule has 1 heterocycles. The van der Waals surface area contributed by atoms with Gasteiger partial charge in [-0.25, -0.2) is 14.4 Å². The third-order valence-electron chi connectivity index (χ3n) is 2.32. The minimum absolute atomic E-state index is 0.225. The Morgan fingerprint density at radius 3 is 1.87 bits per heavy atom. The highest BCUT2D eigenvalue weighted by molar-refractivity contribution is 6.06. The van der Waals surface area contributed by atoms with Crippen LogP contribution in [0.4, 0.5) is 4.79 Å². The molecule has 1 saturated heterocycles. The molecule has 0 aliphatic carbocycles. The molecule has 1 unspecified atom stereocenters. The van der Waals surface area contributed by atoms with Crippen LogP contribution in [0.2, 0.25) is 0 Å². The molecule has 0 aromatic rings. The second-order valence-electron chi connectivity index (χ2n) is 3.22. The van der Waals surface area contributed by atoms with Gasteiger partial charge in [0.05, 0.1) is 12.6 Å². The molecule has 8 nitrogen and oxygen atoms in total. The number of carbonyl (C=O) groups is 3. The van der Waals surface area contributed by atoms with Gasteiger partial charge in [0.25, 0.3) is 0 Å². The number of nitrogens with zero attached hydrogens (tertiary/aromatic N) is 1. The highest BCUT2D eigenvalue weighted by atomic mass is 16.4. The fourth-order valence-electron chi connectivity index (χ4n) is 1.62. The summed E-state index contributed by atoms with van der Waals surface area (Å²) >= 11 is 0. The van der Waals surface area contributed by atoms with Crippen LogP contribution < -0.4 is 0 Å². The highest BCUT2D eigenvalue weighted by Crippen LogP contribution is 2.30. The van der Waals surface area contributed by atoms with E-state index in [1.807, 2.05) is 0 Å². The van der Waals surface area contributed by atoms with Gasteiger partial charge in [0.2, 0.25) is 5.54 Å². The van der Waals surface area contributed by atoms with Crippen molar-refractivity contribution in [3.05, 3.63) is 0 Å². The van der Waals surface area contributed by atoms with E-state index in [2.05, 4.69) is 0 Å². The van der Waals surface area contributed by atoms with Crippen molar-refractivity contribution < 1.29 is 34.8 Å². The number of carboxylic acids is 2. The number of likely N-dealkylation sites (tertiary alicyclic amines) is 1. The van der Waals surface area contributed by atoms with Crippen LogP contribution in [0.15, 0.2) is 0 Å². The van der Waals surface area contributed by atoms with E-state index in [0.29, 0.717) is 0 Å². The van der Waals surface area contributed by atoms with Crippen molar-refractivity contribution in [2.75, 3.05) is 6.54 Å². The van der Waals surface area contributed by atoms with Crippen LogP contribution in [0.1, 0.15) is 6.42 Å². The SMILES string of the molecule is O=C(O)N1CC(O)CC1(C(=O)O)C(=O)O. The van der Waals surface area contributed by atoms with Crippen LogP contribution in [-0.2, 0) is 9.59 Å². The maximum atomic E-state index is 10.8. The zero-order valence-electron chi connectivity index (χ0n) is 7.45. The molecule has 1 atom stereocenters. The lowest BCUT2D eigenvalue weighted by atomic mass is 9.96. The number of β-amino-alcohol motifs (C(OH)–C–C–N with tert-alkyl or cyclic N) is 1. The molecule has 0 radical (unpaired) electrons. The largest absolute Gasteiger partial charge is 0.479 e. The van der Waals surface area contributed by atoms with Gasteiger partial charge in [-0.05, 0) is 0 Å². The van der Waals surface area contributed by atoms with E-state index >= 15 is 0 Å². The number of hydrogen-bond acceptors (Lipinski definition) is 4. The van der Waals surface area contributed by atoms with Gasteiger partial charge in [0, 0.05) is 6.42 Å². The summed E-state index contributed by atoms with van der Waals surface area (Å²) in [5, 5.41) is 35.4. The maximum absolute atomic E-state index is 10.8. The van der Waals surface area contributed by atoms with Gasteiger partial charge >= 0.3 is 18.0 Å². The van der Waals surface area contributed by atoms with Gasteiger partial charge < -0.3 is 20.4 Å². The van der Waals surface area contributed by atoms with E-state index in [-0.39, 0.29) is 4.90 Å². The molecule has 4 N–H and O–H groups in total. The van der Waals surface area contributed by atoms with Gasteiger partial charge in [0.1, 0.15) is 0 Å². The molecule has 1 aliphatic heterocycles. The van der Waals surface area contributed by atoms with Crippen LogP contribution in [0.25, 0.3) is 0 Å².